The molecular formula is C23H30O4. The van der Waals surface area contributed by atoms with Gasteiger partial charge in [-0.05, 0) is 68.8 Å². The van der Waals surface area contributed by atoms with Crippen LogP contribution in [0, 0.1) is 41.4 Å². The van der Waals surface area contributed by atoms with Crippen LogP contribution < -0.4 is 0 Å². The Morgan fingerprint density at radius 2 is 2.11 bits per heavy atom. The van der Waals surface area contributed by atoms with Gasteiger partial charge in [0.15, 0.2) is 5.78 Å². The summed E-state index contributed by atoms with van der Waals surface area (Å²) < 4.78 is 5.62. The molecule has 4 aliphatic carbocycles. The Hall–Kier alpha value is -1.60. The average Bonchev–Trinajstić information content (AvgIpc) is 2.94. The summed E-state index contributed by atoms with van der Waals surface area (Å²) in [6.45, 7) is 3.59. The molecule has 4 aliphatic rings. The molecule has 0 radical (unpaired) electrons. The Balaban J connectivity index is 1.68. The van der Waals surface area contributed by atoms with Crippen molar-refractivity contribution in [2.75, 3.05) is 0 Å². The lowest BCUT2D eigenvalue weighted by Gasteiger charge is -2.56. The van der Waals surface area contributed by atoms with Crippen molar-refractivity contribution in [1.82, 2.24) is 0 Å². The monoisotopic (exact) mass is 370 g/mol. The van der Waals surface area contributed by atoms with Crippen molar-refractivity contribution in [2.24, 2.45) is 29.1 Å². The van der Waals surface area contributed by atoms with Crippen LogP contribution in [0.5, 0.6) is 0 Å². The van der Waals surface area contributed by atoms with Gasteiger partial charge in [0, 0.05) is 24.7 Å². The third-order valence-electron chi connectivity index (χ3n) is 8.33. The SMILES string of the molecule is C#CC1(O)CC[C@H]2[C@@H]3CCC4=CC(=O)C[C@@H](OC(C)=O)[C@@H]4[C@H]3CCC21CC. The summed E-state index contributed by atoms with van der Waals surface area (Å²) in [5.41, 5.74) is -0.00963. The quantitative estimate of drug-likeness (QED) is 0.597. The zero-order chi connectivity index (χ0) is 19.4. The van der Waals surface area contributed by atoms with Crippen LogP contribution in [-0.2, 0) is 14.3 Å². The number of carbonyl (C=O) groups excluding carboxylic acids is 2. The molecule has 146 valence electrons. The zero-order valence-electron chi connectivity index (χ0n) is 16.4. The number of hydrogen-bond acceptors (Lipinski definition) is 4. The zero-order valence-corrected chi connectivity index (χ0v) is 16.4. The molecule has 4 nitrogen and oxygen atoms in total. The van der Waals surface area contributed by atoms with Gasteiger partial charge in [-0.3, -0.25) is 9.59 Å². The van der Waals surface area contributed by atoms with Gasteiger partial charge in [-0.25, -0.2) is 0 Å². The van der Waals surface area contributed by atoms with Crippen LogP contribution in [0.4, 0.5) is 0 Å². The molecule has 7 atom stereocenters. The minimum Gasteiger partial charge on any atom is -0.461 e. The number of ketones is 1. The number of ether oxygens (including phenoxy) is 1. The number of terminal acetylenes is 1. The molecule has 1 N–H and O–H groups in total. The standard InChI is InChI=1S/C23H30O4/c1-4-22-10-8-18-17(19(22)9-11-23(22,26)5-2)7-6-15-12-16(25)13-20(21(15)18)27-14(3)24/h2,12,17-21,26H,4,6-11,13H2,1,3H3/t17-,18+,19+,20-,21+,22?,23?/m1/s1. The van der Waals surface area contributed by atoms with Gasteiger partial charge in [-0.2, -0.15) is 0 Å². The van der Waals surface area contributed by atoms with E-state index < -0.39 is 5.60 Å². The second kappa shape index (κ2) is 6.48. The molecule has 2 unspecified atom stereocenters. The topological polar surface area (TPSA) is 63.6 Å². The van der Waals surface area contributed by atoms with Gasteiger partial charge < -0.3 is 9.84 Å². The van der Waals surface area contributed by atoms with Crippen molar-refractivity contribution in [3.63, 3.8) is 0 Å². The molecule has 0 saturated heterocycles. The number of hydrogen-bond donors (Lipinski definition) is 1. The van der Waals surface area contributed by atoms with E-state index in [1.807, 2.05) is 6.08 Å². The van der Waals surface area contributed by atoms with E-state index in [0.29, 0.717) is 30.6 Å². The molecule has 3 saturated carbocycles. The number of rotatable bonds is 2. The van der Waals surface area contributed by atoms with Gasteiger partial charge in [0.1, 0.15) is 11.7 Å². The maximum atomic E-state index is 12.2. The Kier molecular flexibility index (Phi) is 4.50. The molecule has 0 aromatic carbocycles. The molecule has 0 aromatic rings. The predicted octanol–water partition coefficient (Wildman–Crippen LogP) is 3.42. The lowest BCUT2D eigenvalue weighted by Crippen LogP contribution is -2.55. The van der Waals surface area contributed by atoms with Crippen molar-refractivity contribution >= 4 is 11.8 Å². The molecule has 0 bridgehead atoms. The highest BCUT2D eigenvalue weighted by Crippen LogP contribution is 2.66. The van der Waals surface area contributed by atoms with Gasteiger partial charge in [0.05, 0.1) is 0 Å². The number of carbonyl (C=O) groups is 2. The minimum atomic E-state index is -0.995. The molecule has 3 fully saturated rings. The number of aliphatic hydroxyl groups is 1. The first-order valence-corrected chi connectivity index (χ1v) is 10.5. The third kappa shape index (κ3) is 2.62. The van der Waals surface area contributed by atoms with Gasteiger partial charge in [-0.15, -0.1) is 6.42 Å². The molecule has 0 heterocycles. The van der Waals surface area contributed by atoms with Gasteiger partial charge >= 0.3 is 5.97 Å². The van der Waals surface area contributed by atoms with E-state index in [-0.39, 0.29) is 29.2 Å². The molecule has 4 rings (SSSR count). The third-order valence-corrected chi connectivity index (χ3v) is 8.33. The van der Waals surface area contributed by atoms with Crippen molar-refractivity contribution in [1.29, 1.82) is 0 Å². The summed E-state index contributed by atoms with van der Waals surface area (Å²) >= 11 is 0. The van der Waals surface area contributed by atoms with Gasteiger partial charge in [-0.1, -0.05) is 18.4 Å². The summed E-state index contributed by atoms with van der Waals surface area (Å²) in [5, 5.41) is 11.2. The summed E-state index contributed by atoms with van der Waals surface area (Å²) in [7, 11) is 0. The second-order valence-corrected chi connectivity index (χ2v) is 9.13. The van der Waals surface area contributed by atoms with E-state index in [0.717, 1.165) is 38.5 Å². The lowest BCUT2D eigenvalue weighted by atomic mass is 9.49. The van der Waals surface area contributed by atoms with Crippen LogP contribution in [0.25, 0.3) is 0 Å². The normalized spacial score (nSPS) is 45.8. The Bertz CT molecular complexity index is 731. The Labute approximate surface area is 161 Å². The molecule has 27 heavy (non-hydrogen) atoms. The first-order valence-electron chi connectivity index (χ1n) is 10.5. The van der Waals surface area contributed by atoms with Crippen LogP contribution in [-0.4, -0.2) is 28.6 Å². The van der Waals surface area contributed by atoms with Crippen LogP contribution in [0.15, 0.2) is 11.6 Å². The van der Waals surface area contributed by atoms with E-state index in [9.17, 15) is 14.7 Å². The highest BCUT2D eigenvalue weighted by atomic mass is 16.5. The van der Waals surface area contributed by atoms with Crippen LogP contribution in [0.2, 0.25) is 0 Å². The van der Waals surface area contributed by atoms with Crippen LogP contribution in [0.1, 0.15) is 65.2 Å². The smallest absolute Gasteiger partial charge is 0.302 e. The van der Waals surface area contributed by atoms with E-state index in [1.54, 1.807) is 0 Å². The van der Waals surface area contributed by atoms with Crippen LogP contribution >= 0.6 is 0 Å². The highest BCUT2D eigenvalue weighted by molar-refractivity contribution is 5.92. The van der Waals surface area contributed by atoms with E-state index in [1.165, 1.54) is 12.5 Å². The summed E-state index contributed by atoms with van der Waals surface area (Å²) in [6.07, 6.45) is 14.0. The van der Waals surface area contributed by atoms with Crippen molar-refractivity contribution < 1.29 is 19.4 Å². The second-order valence-electron chi connectivity index (χ2n) is 9.13. The molecule has 0 aromatic heterocycles. The van der Waals surface area contributed by atoms with Crippen molar-refractivity contribution in [2.45, 2.75) is 76.9 Å². The molecule has 0 aliphatic heterocycles. The minimum absolute atomic E-state index is 0.0761. The number of esters is 1. The fraction of sp³-hybridized carbons (Fsp3) is 0.739. The molecule has 0 spiro atoms. The number of fused-ring (bicyclic) bond motifs is 5. The van der Waals surface area contributed by atoms with E-state index in [4.69, 9.17) is 11.2 Å². The van der Waals surface area contributed by atoms with E-state index >= 15 is 0 Å². The van der Waals surface area contributed by atoms with Gasteiger partial charge in [0.25, 0.3) is 0 Å². The van der Waals surface area contributed by atoms with Crippen molar-refractivity contribution in [3.8, 4) is 12.3 Å². The molecule has 4 heteroatoms. The summed E-state index contributed by atoms with van der Waals surface area (Å²) in [5.74, 6) is 3.98. The largest absolute Gasteiger partial charge is 0.461 e. The first kappa shape index (κ1) is 18.7. The van der Waals surface area contributed by atoms with Crippen LogP contribution in [0.3, 0.4) is 0 Å². The maximum absolute atomic E-state index is 12.2. The first-order chi connectivity index (χ1) is 12.8. The van der Waals surface area contributed by atoms with E-state index in [2.05, 4.69) is 12.8 Å². The Morgan fingerprint density at radius 1 is 1.33 bits per heavy atom. The fourth-order valence-corrected chi connectivity index (χ4v) is 7.33. The van der Waals surface area contributed by atoms with Crippen molar-refractivity contribution in [3.05, 3.63) is 11.6 Å². The molecular weight excluding hydrogens is 340 g/mol. The fourth-order valence-electron chi connectivity index (χ4n) is 7.33. The average molecular weight is 370 g/mol. The highest BCUT2D eigenvalue weighted by Gasteiger charge is 2.64. The summed E-state index contributed by atoms with van der Waals surface area (Å²) in [4.78, 5) is 23.8. The predicted molar refractivity (Wildman–Crippen MR) is 101 cm³/mol. The maximum Gasteiger partial charge on any atom is 0.302 e. The van der Waals surface area contributed by atoms with Gasteiger partial charge in [0.2, 0.25) is 0 Å². The lowest BCUT2D eigenvalue weighted by molar-refractivity contribution is -0.156. The summed E-state index contributed by atoms with van der Waals surface area (Å²) in [6, 6.07) is 0. The molecule has 0 amide bonds. The Morgan fingerprint density at radius 3 is 2.78 bits per heavy atom.